The summed E-state index contributed by atoms with van der Waals surface area (Å²) in [6.45, 7) is 5.98. The van der Waals surface area contributed by atoms with E-state index in [-0.39, 0.29) is 23.3 Å². The molecule has 0 aromatic rings. The van der Waals surface area contributed by atoms with Crippen LogP contribution in [0.4, 0.5) is 0 Å². The highest BCUT2D eigenvalue weighted by molar-refractivity contribution is 5.81. The van der Waals surface area contributed by atoms with Crippen molar-refractivity contribution in [3.63, 3.8) is 0 Å². The molecule has 16 heavy (non-hydrogen) atoms. The van der Waals surface area contributed by atoms with Crippen LogP contribution in [0.1, 0.15) is 46.5 Å². The fraction of sp³-hybridized carbons (Fsp3) is 0.833. The first-order valence-corrected chi connectivity index (χ1v) is 5.90. The van der Waals surface area contributed by atoms with Gasteiger partial charge in [-0.05, 0) is 39.5 Å². The third kappa shape index (κ3) is 3.22. The van der Waals surface area contributed by atoms with Gasteiger partial charge in [-0.3, -0.25) is 9.59 Å². The Bertz CT molecular complexity index is 286. The fourth-order valence-corrected chi connectivity index (χ4v) is 1.97. The van der Waals surface area contributed by atoms with Gasteiger partial charge in [-0.1, -0.05) is 6.92 Å². The summed E-state index contributed by atoms with van der Waals surface area (Å²) in [4.78, 5) is 22.7. The molecule has 2 unspecified atom stereocenters. The molecule has 0 aliphatic heterocycles. The Morgan fingerprint density at radius 3 is 2.31 bits per heavy atom. The number of carboxylic acids is 1. The van der Waals surface area contributed by atoms with Crippen LogP contribution in [0.3, 0.4) is 0 Å². The maximum Gasteiger partial charge on any atom is 0.306 e. The number of carboxylic acid groups (broad SMARTS) is 1. The number of carbonyl (C=O) groups is 2. The van der Waals surface area contributed by atoms with E-state index in [1.807, 2.05) is 20.8 Å². The minimum absolute atomic E-state index is 0.00981. The summed E-state index contributed by atoms with van der Waals surface area (Å²) in [5, 5.41) is 11.8. The largest absolute Gasteiger partial charge is 0.481 e. The van der Waals surface area contributed by atoms with Gasteiger partial charge in [-0.15, -0.1) is 0 Å². The quantitative estimate of drug-likeness (QED) is 0.769. The number of carbonyl (C=O) groups excluding carboxylic acids is 1. The zero-order valence-electron chi connectivity index (χ0n) is 10.2. The molecule has 4 heteroatoms. The summed E-state index contributed by atoms with van der Waals surface area (Å²) >= 11 is 0. The van der Waals surface area contributed by atoms with Crippen molar-refractivity contribution in [1.29, 1.82) is 0 Å². The molecular formula is C12H21NO3. The van der Waals surface area contributed by atoms with Gasteiger partial charge in [0.1, 0.15) is 0 Å². The van der Waals surface area contributed by atoms with E-state index in [1.165, 1.54) is 0 Å². The van der Waals surface area contributed by atoms with Crippen LogP contribution in [0.15, 0.2) is 0 Å². The van der Waals surface area contributed by atoms with Crippen LogP contribution in [0.5, 0.6) is 0 Å². The molecule has 0 bridgehead atoms. The van der Waals surface area contributed by atoms with E-state index < -0.39 is 5.97 Å². The van der Waals surface area contributed by atoms with Crippen molar-refractivity contribution < 1.29 is 14.7 Å². The summed E-state index contributed by atoms with van der Waals surface area (Å²) < 4.78 is 0. The number of amides is 1. The molecule has 0 spiro atoms. The molecule has 2 N–H and O–H groups in total. The highest BCUT2D eigenvalue weighted by Crippen LogP contribution is 2.31. The molecule has 1 aliphatic carbocycles. The van der Waals surface area contributed by atoms with Crippen molar-refractivity contribution in [2.75, 3.05) is 0 Å². The Kier molecular flexibility index (Phi) is 3.94. The fourth-order valence-electron chi connectivity index (χ4n) is 1.97. The average Bonchev–Trinajstić information content (AvgIpc) is 2.66. The molecule has 0 aromatic heterocycles. The average molecular weight is 227 g/mol. The molecule has 1 aliphatic rings. The zero-order valence-corrected chi connectivity index (χ0v) is 10.2. The summed E-state index contributed by atoms with van der Waals surface area (Å²) in [5.74, 6) is -1.21. The van der Waals surface area contributed by atoms with Gasteiger partial charge < -0.3 is 10.4 Å². The number of nitrogens with one attached hydrogen (secondary N) is 1. The van der Waals surface area contributed by atoms with E-state index in [0.717, 1.165) is 6.42 Å². The van der Waals surface area contributed by atoms with Crippen molar-refractivity contribution in [1.82, 2.24) is 5.32 Å². The van der Waals surface area contributed by atoms with Crippen LogP contribution in [-0.2, 0) is 9.59 Å². The van der Waals surface area contributed by atoms with E-state index >= 15 is 0 Å². The second-order valence-electron chi connectivity index (χ2n) is 5.27. The molecular weight excluding hydrogens is 206 g/mol. The molecule has 1 rings (SSSR count). The Labute approximate surface area is 96.4 Å². The maximum absolute atomic E-state index is 11.9. The number of rotatable bonds is 4. The lowest BCUT2D eigenvalue weighted by molar-refractivity contribution is -0.141. The van der Waals surface area contributed by atoms with E-state index in [1.54, 1.807) is 0 Å². The maximum atomic E-state index is 11.9. The lowest BCUT2D eigenvalue weighted by atomic mass is 9.98. The first-order chi connectivity index (χ1) is 7.35. The van der Waals surface area contributed by atoms with Gasteiger partial charge in [0.25, 0.3) is 0 Å². The Hall–Kier alpha value is -1.06. The van der Waals surface area contributed by atoms with Crippen LogP contribution >= 0.6 is 0 Å². The molecule has 92 valence electrons. The first-order valence-electron chi connectivity index (χ1n) is 5.90. The van der Waals surface area contributed by atoms with E-state index in [4.69, 9.17) is 5.11 Å². The highest BCUT2D eigenvalue weighted by atomic mass is 16.4. The topological polar surface area (TPSA) is 66.4 Å². The molecule has 0 radical (unpaired) electrons. The Morgan fingerprint density at radius 1 is 1.31 bits per heavy atom. The van der Waals surface area contributed by atoms with Crippen LogP contribution in [0.2, 0.25) is 0 Å². The molecule has 0 saturated heterocycles. The molecule has 1 amide bonds. The predicted octanol–water partition coefficient (Wildman–Crippen LogP) is 1.79. The van der Waals surface area contributed by atoms with Crippen LogP contribution < -0.4 is 5.32 Å². The van der Waals surface area contributed by atoms with Gasteiger partial charge in [0.05, 0.1) is 5.92 Å². The smallest absolute Gasteiger partial charge is 0.306 e. The van der Waals surface area contributed by atoms with E-state index in [2.05, 4.69) is 5.32 Å². The third-order valence-corrected chi connectivity index (χ3v) is 3.50. The van der Waals surface area contributed by atoms with Crippen LogP contribution in [-0.4, -0.2) is 22.5 Å². The van der Waals surface area contributed by atoms with E-state index in [9.17, 15) is 9.59 Å². The lowest BCUT2D eigenvalue weighted by Gasteiger charge is -2.26. The van der Waals surface area contributed by atoms with Crippen molar-refractivity contribution in [3.05, 3.63) is 0 Å². The lowest BCUT2D eigenvalue weighted by Crippen LogP contribution is -2.45. The SMILES string of the molecule is CCC(C)(C)NC(=O)C1CCC(C(=O)O)C1. The molecule has 4 nitrogen and oxygen atoms in total. The minimum atomic E-state index is -0.773. The number of aliphatic carboxylic acids is 1. The van der Waals surface area contributed by atoms with Gasteiger partial charge in [0.2, 0.25) is 5.91 Å². The molecule has 1 saturated carbocycles. The number of hydrogen-bond acceptors (Lipinski definition) is 2. The molecule has 0 aromatic carbocycles. The van der Waals surface area contributed by atoms with Gasteiger partial charge in [-0.2, -0.15) is 0 Å². The van der Waals surface area contributed by atoms with Crippen molar-refractivity contribution in [2.24, 2.45) is 11.8 Å². The van der Waals surface area contributed by atoms with Crippen LogP contribution in [0, 0.1) is 11.8 Å². The third-order valence-electron chi connectivity index (χ3n) is 3.50. The first kappa shape index (κ1) is 13.0. The van der Waals surface area contributed by atoms with Crippen LogP contribution in [0.25, 0.3) is 0 Å². The summed E-state index contributed by atoms with van der Waals surface area (Å²) in [6.07, 6.45) is 2.68. The van der Waals surface area contributed by atoms with Crippen molar-refractivity contribution in [3.8, 4) is 0 Å². The Morgan fingerprint density at radius 2 is 1.88 bits per heavy atom. The monoisotopic (exact) mass is 227 g/mol. The van der Waals surface area contributed by atoms with Crippen molar-refractivity contribution >= 4 is 11.9 Å². The van der Waals surface area contributed by atoms with Gasteiger partial charge in [0, 0.05) is 11.5 Å². The molecule has 0 heterocycles. The van der Waals surface area contributed by atoms with Crippen molar-refractivity contribution in [2.45, 2.75) is 52.0 Å². The highest BCUT2D eigenvalue weighted by Gasteiger charge is 2.35. The Balaban J connectivity index is 2.48. The number of hydrogen-bond donors (Lipinski definition) is 2. The second kappa shape index (κ2) is 4.85. The normalized spacial score (nSPS) is 25.4. The predicted molar refractivity (Wildman–Crippen MR) is 61.0 cm³/mol. The van der Waals surface area contributed by atoms with Gasteiger partial charge >= 0.3 is 5.97 Å². The second-order valence-corrected chi connectivity index (χ2v) is 5.27. The van der Waals surface area contributed by atoms with Gasteiger partial charge in [0.15, 0.2) is 0 Å². The van der Waals surface area contributed by atoms with E-state index in [0.29, 0.717) is 19.3 Å². The molecule has 1 fully saturated rings. The summed E-state index contributed by atoms with van der Waals surface area (Å²) in [6, 6.07) is 0. The molecule has 2 atom stereocenters. The standard InChI is InChI=1S/C12H21NO3/c1-4-12(2,3)13-10(14)8-5-6-9(7-8)11(15)16/h8-9H,4-7H2,1-3H3,(H,13,14)(H,15,16). The minimum Gasteiger partial charge on any atom is -0.481 e. The van der Waals surface area contributed by atoms with Gasteiger partial charge in [-0.25, -0.2) is 0 Å². The summed E-state index contributed by atoms with van der Waals surface area (Å²) in [5.41, 5.74) is -0.196. The summed E-state index contributed by atoms with van der Waals surface area (Å²) in [7, 11) is 0. The zero-order chi connectivity index (χ0) is 12.3.